The molecule has 3 heteroatoms. The average Bonchev–Trinajstić information content (AvgIpc) is 2.53. The number of unbranched alkanes of at least 4 members (excludes halogenated alkanes) is 7. The van der Waals surface area contributed by atoms with E-state index in [1.54, 1.807) is 0 Å². The maximum Gasteiger partial charge on any atom is 0.220 e. The van der Waals surface area contributed by atoms with Crippen molar-refractivity contribution in [3.8, 4) is 0 Å². The van der Waals surface area contributed by atoms with E-state index in [0.717, 1.165) is 23.8 Å². The first kappa shape index (κ1) is 21.7. The minimum Gasteiger partial charge on any atom is -0.355 e. The number of rotatable bonds is 15. The van der Waals surface area contributed by atoms with Gasteiger partial charge >= 0.3 is 0 Å². The summed E-state index contributed by atoms with van der Waals surface area (Å²) in [6.07, 6.45) is 22.0. The molecule has 128 valence electrons. The smallest absolute Gasteiger partial charge is 0.220 e. The van der Waals surface area contributed by atoms with Crippen molar-refractivity contribution in [1.29, 1.82) is 0 Å². The molecule has 0 aliphatic rings. The highest BCUT2D eigenvalue weighted by Crippen LogP contribution is 2.06. The monoisotopic (exact) mass is 415 g/mol. The highest BCUT2D eigenvalue weighted by Gasteiger charge is 1.98. The molecule has 0 saturated carbocycles. The molecule has 0 bridgehead atoms. The number of hydrogen-bond acceptors (Lipinski definition) is 1. The molecule has 0 radical (unpaired) electrons. The van der Waals surface area contributed by atoms with Crippen LogP contribution in [-0.4, -0.2) is 16.9 Å². The first-order chi connectivity index (χ1) is 10.8. The maximum absolute atomic E-state index is 11.4. The molecule has 0 unspecified atom stereocenters. The van der Waals surface area contributed by atoms with Gasteiger partial charge in [-0.3, -0.25) is 4.79 Å². The molecule has 0 aromatic heterocycles. The van der Waals surface area contributed by atoms with Crippen LogP contribution in [0.2, 0.25) is 0 Å². The van der Waals surface area contributed by atoms with Crippen molar-refractivity contribution in [1.82, 2.24) is 5.32 Å². The van der Waals surface area contributed by atoms with Crippen LogP contribution < -0.4 is 5.32 Å². The molecule has 0 spiro atoms. The van der Waals surface area contributed by atoms with Crippen LogP contribution in [0.5, 0.6) is 0 Å². The summed E-state index contributed by atoms with van der Waals surface area (Å²) in [6.45, 7) is 3.05. The normalized spacial score (nSPS) is 11.5. The Labute approximate surface area is 151 Å². The predicted molar refractivity (Wildman–Crippen MR) is 107 cm³/mol. The van der Waals surface area contributed by atoms with Crippen LogP contribution in [0.3, 0.4) is 0 Å². The maximum atomic E-state index is 11.4. The Morgan fingerprint density at radius 3 is 2.18 bits per heavy atom. The standard InChI is InChI=1S/C19H34INO/c1-2-3-4-5-6-7-8-9-10-11-12-13-14-15-16-19(22)21-18-17-20/h6-7,9-10H,2-5,8,11-18H2,1H3,(H,21,22)/b7-6+,10-9-/i20-4. The van der Waals surface area contributed by atoms with Crippen LogP contribution in [0.15, 0.2) is 24.3 Å². The molecule has 0 heterocycles. The molecular weight excluding hydrogens is 381 g/mol. The van der Waals surface area contributed by atoms with Gasteiger partial charge in [-0.1, -0.05) is 79.5 Å². The second-order valence-corrected chi connectivity index (χ2v) is 6.74. The number of amides is 1. The Kier molecular flexibility index (Phi) is 18.5. The van der Waals surface area contributed by atoms with Gasteiger partial charge in [-0.2, -0.15) is 0 Å². The zero-order valence-corrected chi connectivity index (χ0v) is 16.4. The molecule has 0 aliphatic carbocycles. The van der Waals surface area contributed by atoms with Gasteiger partial charge < -0.3 is 5.32 Å². The molecule has 0 aromatic rings. The molecule has 0 aliphatic heterocycles. The molecule has 0 atom stereocenters. The van der Waals surface area contributed by atoms with Gasteiger partial charge in [0.15, 0.2) is 0 Å². The Bertz CT molecular complexity index is 300. The van der Waals surface area contributed by atoms with E-state index in [0.29, 0.717) is 6.42 Å². The fourth-order valence-electron chi connectivity index (χ4n) is 2.20. The van der Waals surface area contributed by atoms with E-state index in [-0.39, 0.29) is 5.91 Å². The van der Waals surface area contributed by atoms with E-state index in [1.807, 2.05) is 0 Å². The summed E-state index contributed by atoms with van der Waals surface area (Å²) in [5.74, 6) is 0.210. The second-order valence-electron chi connectivity index (χ2n) is 5.67. The lowest BCUT2D eigenvalue weighted by Gasteiger charge is -2.02. The molecule has 0 saturated heterocycles. The van der Waals surface area contributed by atoms with Gasteiger partial charge in [-0.15, -0.1) is 0 Å². The first-order valence-corrected chi connectivity index (χ1v) is 10.5. The van der Waals surface area contributed by atoms with E-state index in [2.05, 4.69) is 59.1 Å². The van der Waals surface area contributed by atoms with Crippen molar-refractivity contribution in [2.75, 3.05) is 11.0 Å². The third-order valence-corrected chi connectivity index (χ3v) is 4.06. The summed E-state index contributed by atoms with van der Waals surface area (Å²) in [7, 11) is 0. The molecule has 1 amide bonds. The number of allylic oxidation sites excluding steroid dienone is 4. The van der Waals surface area contributed by atoms with Crippen LogP contribution in [-0.2, 0) is 4.79 Å². The molecule has 0 fully saturated rings. The summed E-state index contributed by atoms with van der Waals surface area (Å²) in [6, 6.07) is 0. The van der Waals surface area contributed by atoms with Gasteiger partial charge in [0.1, 0.15) is 0 Å². The van der Waals surface area contributed by atoms with E-state index >= 15 is 0 Å². The quantitative estimate of drug-likeness (QED) is 0.152. The Balaban J connectivity index is 3.25. The van der Waals surface area contributed by atoms with Crippen molar-refractivity contribution in [3.05, 3.63) is 24.3 Å². The number of carbonyl (C=O) groups excluding carboxylic acids is 1. The lowest BCUT2D eigenvalue weighted by Crippen LogP contribution is -2.24. The highest BCUT2D eigenvalue weighted by atomic mass is 123. The minimum atomic E-state index is 0.210. The van der Waals surface area contributed by atoms with E-state index in [9.17, 15) is 4.79 Å². The summed E-state index contributed by atoms with van der Waals surface area (Å²) < 4.78 is 0.990. The number of hydrogen-bond donors (Lipinski definition) is 1. The fourth-order valence-corrected chi connectivity index (χ4v) is 2.46. The minimum absolute atomic E-state index is 0.210. The first-order valence-electron chi connectivity index (χ1n) is 8.94. The average molecular weight is 415 g/mol. The fraction of sp³-hybridized carbons (Fsp3) is 0.737. The van der Waals surface area contributed by atoms with E-state index in [4.69, 9.17) is 0 Å². The van der Waals surface area contributed by atoms with Crippen LogP contribution in [0.4, 0.5) is 0 Å². The van der Waals surface area contributed by atoms with Crippen molar-refractivity contribution in [2.45, 2.75) is 77.6 Å². The molecule has 22 heavy (non-hydrogen) atoms. The zero-order chi connectivity index (χ0) is 16.3. The molecular formula is C19H34INO. The van der Waals surface area contributed by atoms with Crippen molar-refractivity contribution < 1.29 is 4.79 Å². The number of carbonyl (C=O) groups is 1. The lowest BCUT2D eigenvalue weighted by molar-refractivity contribution is -0.121. The summed E-state index contributed by atoms with van der Waals surface area (Å²) >= 11 is 2.27. The molecule has 0 rings (SSSR count). The SMILES string of the molecule is CCCCC/C=C/C/C=C\CCCCCCC(=O)NCC[123I]. The van der Waals surface area contributed by atoms with Gasteiger partial charge in [0.2, 0.25) is 5.91 Å². The third-order valence-electron chi connectivity index (χ3n) is 3.52. The van der Waals surface area contributed by atoms with E-state index in [1.165, 1.54) is 51.4 Å². The van der Waals surface area contributed by atoms with Gasteiger partial charge in [0.25, 0.3) is 0 Å². The van der Waals surface area contributed by atoms with Gasteiger partial charge in [0, 0.05) is 17.4 Å². The van der Waals surface area contributed by atoms with Crippen molar-refractivity contribution >= 4 is 28.5 Å². The summed E-state index contributed by atoms with van der Waals surface area (Å²) in [4.78, 5) is 11.4. The van der Waals surface area contributed by atoms with Crippen molar-refractivity contribution in [3.63, 3.8) is 0 Å². The second kappa shape index (κ2) is 18.7. The summed E-state index contributed by atoms with van der Waals surface area (Å²) in [5.41, 5.74) is 0. The zero-order valence-electron chi connectivity index (χ0n) is 14.3. The topological polar surface area (TPSA) is 29.1 Å². The Hall–Kier alpha value is -0.320. The predicted octanol–water partition coefficient (Wildman–Crippen LogP) is 5.96. The van der Waals surface area contributed by atoms with Crippen LogP contribution >= 0.6 is 22.6 Å². The lowest BCUT2D eigenvalue weighted by atomic mass is 10.1. The number of halogens is 1. The molecule has 1 N–H and O–H groups in total. The van der Waals surface area contributed by atoms with Crippen LogP contribution in [0, 0.1) is 0 Å². The highest BCUT2D eigenvalue weighted by molar-refractivity contribution is 14.1. The molecule has 0 aromatic carbocycles. The van der Waals surface area contributed by atoms with Crippen LogP contribution in [0.1, 0.15) is 77.6 Å². The van der Waals surface area contributed by atoms with Gasteiger partial charge in [-0.25, -0.2) is 0 Å². The van der Waals surface area contributed by atoms with E-state index < -0.39 is 0 Å². The van der Waals surface area contributed by atoms with Gasteiger partial charge in [-0.05, 0) is 38.5 Å². The third kappa shape index (κ3) is 17.7. The van der Waals surface area contributed by atoms with Crippen LogP contribution in [0.25, 0.3) is 0 Å². The van der Waals surface area contributed by atoms with Gasteiger partial charge in [0.05, 0.1) is 0 Å². The number of nitrogens with one attached hydrogen (secondary N) is 1. The number of alkyl halides is 1. The summed E-state index contributed by atoms with van der Waals surface area (Å²) in [5, 5.41) is 2.91. The Morgan fingerprint density at radius 2 is 1.55 bits per heavy atom. The van der Waals surface area contributed by atoms with Crippen molar-refractivity contribution in [2.24, 2.45) is 0 Å². The Morgan fingerprint density at radius 1 is 0.909 bits per heavy atom. The molecule has 2 nitrogen and oxygen atoms in total. The largest absolute Gasteiger partial charge is 0.355 e.